The molecule has 3 rings (SSSR count). The Bertz CT molecular complexity index is 619. The van der Waals surface area contributed by atoms with Crippen LogP contribution in [0.15, 0.2) is 35.4 Å². The van der Waals surface area contributed by atoms with E-state index >= 15 is 0 Å². The number of carboxylic acids is 1. The molecule has 0 unspecified atom stereocenters. The normalized spacial score (nSPS) is 11.0. The number of imidazole rings is 1. The van der Waals surface area contributed by atoms with Crippen molar-refractivity contribution in [3.8, 4) is 11.3 Å². The van der Waals surface area contributed by atoms with E-state index in [2.05, 4.69) is 4.98 Å². The van der Waals surface area contributed by atoms with Crippen LogP contribution in [0.4, 0.5) is 0 Å². The second kappa shape index (κ2) is 3.21. The van der Waals surface area contributed by atoms with Crippen LogP contribution in [0.3, 0.4) is 0 Å². The lowest BCUT2D eigenvalue weighted by Crippen LogP contribution is -1.90. The molecule has 16 heavy (non-hydrogen) atoms. The number of hydrogen-bond acceptors (Lipinski definition) is 4. The van der Waals surface area contributed by atoms with Crippen molar-refractivity contribution in [3.63, 3.8) is 0 Å². The summed E-state index contributed by atoms with van der Waals surface area (Å²) in [6.07, 6.45) is 6.51. The monoisotopic (exact) mass is 234 g/mol. The second-order valence-electron chi connectivity index (χ2n) is 3.23. The Morgan fingerprint density at radius 3 is 3.00 bits per heavy atom. The van der Waals surface area contributed by atoms with Crippen LogP contribution in [-0.4, -0.2) is 20.5 Å². The maximum absolute atomic E-state index is 10.7. The van der Waals surface area contributed by atoms with Crippen molar-refractivity contribution in [2.45, 2.75) is 0 Å². The maximum atomic E-state index is 10.7. The summed E-state index contributed by atoms with van der Waals surface area (Å²) in [4.78, 5) is 16.0. The van der Waals surface area contributed by atoms with Crippen molar-refractivity contribution in [2.24, 2.45) is 0 Å². The minimum absolute atomic E-state index is 0.279. The number of aromatic carboxylic acids is 1. The van der Waals surface area contributed by atoms with Crippen LogP contribution >= 0.6 is 11.3 Å². The van der Waals surface area contributed by atoms with E-state index in [0.717, 1.165) is 22.6 Å². The molecule has 0 spiro atoms. The molecule has 0 atom stereocenters. The zero-order chi connectivity index (χ0) is 11.1. The molecule has 0 fully saturated rings. The molecule has 5 nitrogen and oxygen atoms in total. The van der Waals surface area contributed by atoms with Gasteiger partial charge in [0.25, 0.3) is 0 Å². The Hall–Kier alpha value is -2.08. The molecule has 0 amide bonds. The fourth-order valence-electron chi connectivity index (χ4n) is 1.44. The highest BCUT2D eigenvalue weighted by Crippen LogP contribution is 2.23. The van der Waals surface area contributed by atoms with Crippen molar-refractivity contribution in [2.75, 3.05) is 0 Å². The molecule has 1 N–H and O–H groups in total. The highest BCUT2D eigenvalue weighted by atomic mass is 32.1. The first-order chi connectivity index (χ1) is 7.74. The second-order valence-corrected chi connectivity index (χ2v) is 4.24. The van der Waals surface area contributed by atoms with Crippen LogP contribution in [0.1, 0.15) is 9.67 Å². The summed E-state index contributed by atoms with van der Waals surface area (Å²) < 4.78 is 6.67. The smallest absolute Gasteiger partial charge is 0.347 e. The zero-order valence-corrected chi connectivity index (χ0v) is 8.77. The van der Waals surface area contributed by atoms with E-state index in [1.807, 2.05) is 6.07 Å². The molecule has 3 aromatic heterocycles. The van der Waals surface area contributed by atoms with Gasteiger partial charge in [-0.05, 0) is 6.07 Å². The number of furan rings is 1. The zero-order valence-electron chi connectivity index (χ0n) is 7.95. The minimum atomic E-state index is -0.930. The molecule has 6 heteroatoms. The van der Waals surface area contributed by atoms with Gasteiger partial charge in [-0.15, -0.1) is 0 Å². The van der Waals surface area contributed by atoms with Crippen molar-refractivity contribution in [1.29, 1.82) is 0 Å². The van der Waals surface area contributed by atoms with Gasteiger partial charge < -0.3 is 9.52 Å². The maximum Gasteiger partial charge on any atom is 0.347 e. The Morgan fingerprint density at radius 2 is 2.38 bits per heavy atom. The highest BCUT2D eigenvalue weighted by molar-refractivity contribution is 7.18. The number of rotatable bonds is 2. The van der Waals surface area contributed by atoms with Crippen molar-refractivity contribution in [3.05, 3.63) is 35.9 Å². The van der Waals surface area contributed by atoms with Crippen molar-refractivity contribution in [1.82, 2.24) is 9.38 Å². The molecule has 0 saturated heterocycles. The average Bonchev–Trinajstić information content (AvgIpc) is 2.91. The lowest BCUT2D eigenvalue weighted by atomic mass is 10.3. The van der Waals surface area contributed by atoms with E-state index in [-0.39, 0.29) is 4.88 Å². The fraction of sp³-hybridized carbons (Fsp3) is 0. The number of nitrogens with zero attached hydrogens (tertiary/aromatic N) is 2. The Balaban J connectivity index is 2.12. The topological polar surface area (TPSA) is 67.7 Å². The van der Waals surface area contributed by atoms with Crippen LogP contribution in [-0.2, 0) is 0 Å². The number of carboxylic acid groups (broad SMARTS) is 1. The fourth-order valence-corrected chi connectivity index (χ4v) is 2.25. The first-order valence-electron chi connectivity index (χ1n) is 4.48. The first-order valence-corrected chi connectivity index (χ1v) is 5.30. The lowest BCUT2D eigenvalue weighted by Gasteiger charge is -1.85. The van der Waals surface area contributed by atoms with Crippen LogP contribution < -0.4 is 0 Å². The van der Waals surface area contributed by atoms with Gasteiger partial charge in [0.1, 0.15) is 4.88 Å². The molecular weight excluding hydrogens is 228 g/mol. The summed E-state index contributed by atoms with van der Waals surface area (Å²) in [6.45, 7) is 0. The van der Waals surface area contributed by atoms with Crippen LogP contribution in [0.2, 0.25) is 0 Å². The predicted octanol–water partition coefficient (Wildman–Crippen LogP) is 2.35. The molecule has 0 saturated carbocycles. The van der Waals surface area contributed by atoms with E-state index in [1.165, 1.54) is 0 Å². The summed E-state index contributed by atoms with van der Waals surface area (Å²) in [7, 11) is 0. The van der Waals surface area contributed by atoms with Gasteiger partial charge in [0.05, 0.1) is 18.2 Å². The number of thiazole rings is 1. The summed E-state index contributed by atoms with van der Waals surface area (Å²) in [5.41, 5.74) is 1.66. The van der Waals surface area contributed by atoms with Gasteiger partial charge in [0.15, 0.2) is 4.96 Å². The van der Waals surface area contributed by atoms with Gasteiger partial charge in [-0.3, -0.25) is 4.40 Å². The van der Waals surface area contributed by atoms with Gasteiger partial charge in [0.2, 0.25) is 0 Å². The Labute approximate surface area is 93.6 Å². The van der Waals surface area contributed by atoms with Crippen molar-refractivity contribution < 1.29 is 14.3 Å². The van der Waals surface area contributed by atoms with Crippen LogP contribution in [0, 0.1) is 0 Å². The summed E-state index contributed by atoms with van der Waals surface area (Å²) in [5, 5.41) is 8.81. The van der Waals surface area contributed by atoms with E-state index in [1.54, 1.807) is 29.3 Å². The molecule has 0 aromatic carbocycles. The summed E-state index contributed by atoms with van der Waals surface area (Å²) in [5.74, 6) is -0.930. The minimum Gasteiger partial charge on any atom is -0.477 e. The molecule has 80 valence electrons. The lowest BCUT2D eigenvalue weighted by molar-refractivity contribution is 0.0702. The molecule has 0 bridgehead atoms. The quantitative estimate of drug-likeness (QED) is 0.739. The van der Waals surface area contributed by atoms with Gasteiger partial charge >= 0.3 is 5.97 Å². The van der Waals surface area contributed by atoms with E-state index < -0.39 is 5.97 Å². The third kappa shape index (κ3) is 1.31. The van der Waals surface area contributed by atoms with Gasteiger partial charge in [0, 0.05) is 18.0 Å². The number of fused-ring (bicyclic) bond motifs is 1. The van der Waals surface area contributed by atoms with E-state index in [9.17, 15) is 4.79 Å². The highest BCUT2D eigenvalue weighted by Gasteiger charge is 2.12. The third-order valence-corrected chi connectivity index (χ3v) is 3.17. The molecule has 0 aliphatic heterocycles. The standard InChI is InChI=1S/C10H6N2O3S/c13-9(14)8-4-12-3-7(11-10(12)16-8)6-1-2-15-5-6/h1-5H,(H,13,14). The Morgan fingerprint density at radius 1 is 1.50 bits per heavy atom. The van der Waals surface area contributed by atoms with E-state index in [0.29, 0.717) is 4.96 Å². The molecule has 3 aromatic rings. The van der Waals surface area contributed by atoms with E-state index in [4.69, 9.17) is 9.52 Å². The number of aromatic nitrogens is 2. The molecule has 0 radical (unpaired) electrons. The molecular formula is C10H6N2O3S. The summed E-state index contributed by atoms with van der Waals surface area (Å²) in [6, 6.07) is 1.81. The molecule has 0 aliphatic carbocycles. The average molecular weight is 234 g/mol. The summed E-state index contributed by atoms with van der Waals surface area (Å²) >= 11 is 1.15. The number of hydrogen-bond donors (Lipinski definition) is 1. The number of carbonyl (C=O) groups is 1. The predicted molar refractivity (Wildman–Crippen MR) is 57.7 cm³/mol. The van der Waals surface area contributed by atoms with Crippen molar-refractivity contribution >= 4 is 22.3 Å². The Kier molecular flexibility index (Phi) is 1.84. The van der Waals surface area contributed by atoms with Gasteiger partial charge in [-0.25, -0.2) is 9.78 Å². The van der Waals surface area contributed by atoms with Gasteiger partial charge in [-0.1, -0.05) is 11.3 Å². The SMILES string of the molecule is O=C(O)c1cn2cc(-c3ccoc3)nc2s1. The molecule has 0 aliphatic rings. The molecule has 3 heterocycles. The van der Waals surface area contributed by atoms with Crippen LogP contribution in [0.5, 0.6) is 0 Å². The first kappa shape index (κ1) is 9.17. The largest absolute Gasteiger partial charge is 0.477 e. The van der Waals surface area contributed by atoms with Gasteiger partial charge in [-0.2, -0.15) is 0 Å². The van der Waals surface area contributed by atoms with Crippen LogP contribution in [0.25, 0.3) is 16.2 Å². The third-order valence-electron chi connectivity index (χ3n) is 2.18.